The van der Waals surface area contributed by atoms with Gasteiger partial charge in [0.2, 0.25) is 11.1 Å². The van der Waals surface area contributed by atoms with Gasteiger partial charge in [0.05, 0.1) is 11.4 Å². The maximum absolute atomic E-state index is 12.2. The van der Waals surface area contributed by atoms with E-state index < -0.39 is 0 Å². The summed E-state index contributed by atoms with van der Waals surface area (Å²) in [6, 6.07) is 16.5. The highest BCUT2D eigenvalue weighted by molar-refractivity contribution is 7.99. The zero-order chi connectivity index (χ0) is 19.2. The highest BCUT2D eigenvalue weighted by atomic mass is 32.2. The minimum atomic E-state index is -0.189. The Morgan fingerprint density at radius 3 is 2.63 bits per heavy atom. The van der Waals surface area contributed by atoms with Crippen LogP contribution < -0.4 is 5.32 Å². The molecule has 0 atom stereocenters. The number of anilines is 1. The Bertz CT molecular complexity index is 940. The second-order valence-corrected chi connectivity index (χ2v) is 6.87. The van der Waals surface area contributed by atoms with Crippen LogP contribution in [0, 0.1) is 0 Å². The van der Waals surface area contributed by atoms with Crippen LogP contribution in [-0.2, 0) is 4.79 Å². The number of benzene rings is 2. The van der Waals surface area contributed by atoms with E-state index in [4.69, 9.17) is 0 Å². The van der Waals surface area contributed by atoms with Crippen LogP contribution in [0.3, 0.4) is 0 Å². The van der Waals surface area contributed by atoms with Gasteiger partial charge in [0, 0.05) is 25.3 Å². The minimum Gasteiger partial charge on any atom is -0.345 e. The number of carbonyl (C=O) groups excluding carboxylic acids is 2. The Morgan fingerprint density at radius 1 is 1.11 bits per heavy atom. The number of rotatable bonds is 6. The molecule has 3 rings (SSSR count). The fourth-order valence-corrected chi connectivity index (χ4v) is 2.93. The molecule has 1 heterocycles. The summed E-state index contributed by atoms with van der Waals surface area (Å²) in [6.45, 7) is 0. The first-order valence-corrected chi connectivity index (χ1v) is 9.23. The molecule has 138 valence electrons. The van der Waals surface area contributed by atoms with Crippen LogP contribution in [-0.4, -0.2) is 51.3 Å². The van der Waals surface area contributed by atoms with Crippen molar-refractivity contribution in [3.8, 4) is 5.69 Å². The molecule has 3 aromatic rings. The molecule has 0 saturated heterocycles. The Kier molecular flexibility index (Phi) is 5.87. The molecule has 8 heteroatoms. The van der Waals surface area contributed by atoms with Gasteiger partial charge in [-0.25, -0.2) is 9.67 Å². The molecule has 0 radical (unpaired) electrons. The first-order chi connectivity index (χ1) is 13.0. The van der Waals surface area contributed by atoms with Crippen molar-refractivity contribution < 1.29 is 9.59 Å². The normalized spacial score (nSPS) is 10.4. The third-order valence-electron chi connectivity index (χ3n) is 3.62. The van der Waals surface area contributed by atoms with E-state index in [9.17, 15) is 9.59 Å². The zero-order valence-corrected chi connectivity index (χ0v) is 15.8. The third kappa shape index (κ3) is 4.95. The van der Waals surface area contributed by atoms with Gasteiger partial charge in [-0.05, 0) is 30.3 Å². The molecule has 0 aliphatic rings. The van der Waals surface area contributed by atoms with Crippen LogP contribution in [0.2, 0.25) is 0 Å². The summed E-state index contributed by atoms with van der Waals surface area (Å²) in [7, 11) is 3.37. The summed E-state index contributed by atoms with van der Waals surface area (Å²) in [5.74, 6) is -0.133. The fourth-order valence-electron chi connectivity index (χ4n) is 2.33. The van der Waals surface area contributed by atoms with Crippen LogP contribution in [0.1, 0.15) is 10.4 Å². The lowest BCUT2D eigenvalue weighted by molar-refractivity contribution is -0.113. The van der Waals surface area contributed by atoms with E-state index in [1.165, 1.54) is 16.7 Å². The summed E-state index contributed by atoms with van der Waals surface area (Å²) in [5.41, 5.74) is 2.01. The summed E-state index contributed by atoms with van der Waals surface area (Å²) < 4.78 is 1.66. The smallest absolute Gasteiger partial charge is 0.253 e. The first kappa shape index (κ1) is 18.7. The van der Waals surface area contributed by atoms with Gasteiger partial charge in [-0.2, -0.15) is 0 Å². The van der Waals surface area contributed by atoms with Crippen LogP contribution in [0.4, 0.5) is 5.69 Å². The van der Waals surface area contributed by atoms with Crippen molar-refractivity contribution in [1.29, 1.82) is 0 Å². The van der Waals surface area contributed by atoms with Crippen molar-refractivity contribution in [3.05, 3.63) is 66.5 Å². The molecular weight excluding hydrogens is 362 g/mol. The van der Waals surface area contributed by atoms with Crippen LogP contribution in [0.15, 0.2) is 66.1 Å². The van der Waals surface area contributed by atoms with Crippen molar-refractivity contribution in [2.75, 3.05) is 25.2 Å². The molecule has 27 heavy (non-hydrogen) atoms. The van der Waals surface area contributed by atoms with Crippen molar-refractivity contribution in [2.24, 2.45) is 0 Å². The molecule has 0 aliphatic carbocycles. The number of para-hydroxylation sites is 1. The monoisotopic (exact) mass is 381 g/mol. The molecule has 2 aromatic carbocycles. The predicted molar refractivity (Wildman–Crippen MR) is 105 cm³/mol. The second-order valence-electron chi connectivity index (χ2n) is 5.92. The minimum absolute atomic E-state index is 0.115. The van der Waals surface area contributed by atoms with Crippen LogP contribution in [0.25, 0.3) is 5.69 Å². The molecule has 0 fully saturated rings. The van der Waals surface area contributed by atoms with Crippen molar-refractivity contribution >= 4 is 29.3 Å². The number of carbonyl (C=O) groups is 2. The lowest BCUT2D eigenvalue weighted by Gasteiger charge is -2.11. The molecule has 0 saturated carbocycles. The zero-order valence-electron chi connectivity index (χ0n) is 15.0. The number of thioether (sulfide) groups is 1. The van der Waals surface area contributed by atoms with Crippen LogP contribution >= 0.6 is 11.8 Å². The van der Waals surface area contributed by atoms with E-state index in [2.05, 4.69) is 15.4 Å². The summed E-state index contributed by atoms with van der Waals surface area (Å²) in [4.78, 5) is 29.9. The van der Waals surface area contributed by atoms with E-state index in [0.29, 0.717) is 16.4 Å². The maximum Gasteiger partial charge on any atom is 0.253 e. The average Bonchev–Trinajstić information content (AvgIpc) is 3.16. The molecule has 1 aromatic heterocycles. The number of hydrogen-bond donors (Lipinski definition) is 1. The average molecular weight is 381 g/mol. The van der Waals surface area contributed by atoms with Gasteiger partial charge in [0.25, 0.3) is 5.91 Å². The first-order valence-electron chi connectivity index (χ1n) is 8.24. The van der Waals surface area contributed by atoms with Gasteiger partial charge in [-0.1, -0.05) is 36.0 Å². The van der Waals surface area contributed by atoms with E-state index >= 15 is 0 Å². The molecule has 0 aliphatic heterocycles. The predicted octanol–water partition coefficient (Wildman–Crippen LogP) is 2.70. The standard InChI is InChI=1S/C19H19N5O2S/c1-23(2)18(26)14-7-6-8-15(11-14)21-17(25)12-27-19-20-13-24(22-19)16-9-4-3-5-10-16/h3-11,13H,12H2,1-2H3,(H,21,25). The molecule has 0 spiro atoms. The molecule has 0 bridgehead atoms. The lowest BCUT2D eigenvalue weighted by Crippen LogP contribution is -2.22. The fraction of sp³-hybridized carbons (Fsp3) is 0.158. The highest BCUT2D eigenvalue weighted by Gasteiger charge is 2.11. The van der Waals surface area contributed by atoms with Gasteiger partial charge in [0.1, 0.15) is 6.33 Å². The number of nitrogens with one attached hydrogen (secondary N) is 1. The maximum atomic E-state index is 12.2. The van der Waals surface area contributed by atoms with Gasteiger partial charge >= 0.3 is 0 Å². The van der Waals surface area contributed by atoms with Crippen molar-refractivity contribution in [2.45, 2.75) is 5.16 Å². The number of nitrogens with zero attached hydrogens (tertiary/aromatic N) is 4. The van der Waals surface area contributed by atoms with Crippen LogP contribution in [0.5, 0.6) is 0 Å². The topological polar surface area (TPSA) is 80.1 Å². The van der Waals surface area contributed by atoms with Gasteiger partial charge in [-0.15, -0.1) is 5.10 Å². The summed E-state index contributed by atoms with van der Waals surface area (Å²) in [5, 5.41) is 7.67. The molecule has 2 amide bonds. The lowest BCUT2D eigenvalue weighted by atomic mass is 10.2. The Labute approximate surface area is 161 Å². The summed E-state index contributed by atoms with van der Waals surface area (Å²) in [6.07, 6.45) is 1.62. The number of amides is 2. The molecule has 7 nitrogen and oxygen atoms in total. The van der Waals surface area contributed by atoms with E-state index in [1.54, 1.807) is 49.4 Å². The van der Waals surface area contributed by atoms with Crippen molar-refractivity contribution in [3.63, 3.8) is 0 Å². The van der Waals surface area contributed by atoms with Gasteiger partial charge < -0.3 is 10.2 Å². The molecular formula is C19H19N5O2S. The SMILES string of the molecule is CN(C)C(=O)c1cccc(NC(=O)CSc2ncn(-c3ccccc3)n2)c1. The molecule has 1 N–H and O–H groups in total. The highest BCUT2D eigenvalue weighted by Crippen LogP contribution is 2.16. The van der Waals surface area contributed by atoms with Gasteiger partial charge in [0.15, 0.2) is 0 Å². The van der Waals surface area contributed by atoms with E-state index in [1.807, 2.05) is 30.3 Å². The van der Waals surface area contributed by atoms with Crippen molar-refractivity contribution in [1.82, 2.24) is 19.7 Å². The third-order valence-corrected chi connectivity index (χ3v) is 4.48. The largest absolute Gasteiger partial charge is 0.345 e. The number of aromatic nitrogens is 3. The number of hydrogen-bond acceptors (Lipinski definition) is 5. The Morgan fingerprint density at radius 2 is 1.89 bits per heavy atom. The Hall–Kier alpha value is -3.13. The quantitative estimate of drug-likeness (QED) is 0.664. The van der Waals surface area contributed by atoms with Gasteiger partial charge in [-0.3, -0.25) is 9.59 Å². The summed E-state index contributed by atoms with van der Waals surface area (Å²) >= 11 is 1.25. The van der Waals surface area contributed by atoms with E-state index in [-0.39, 0.29) is 17.6 Å². The molecule has 0 unspecified atom stereocenters. The Balaban J connectivity index is 1.57. The van der Waals surface area contributed by atoms with E-state index in [0.717, 1.165) is 5.69 Å². The second kappa shape index (κ2) is 8.50.